The van der Waals surface area contributed by atoms with Gasteiger partial charge in [0.25, 0.3) is 5.91 Å². The highest BCUT2D eigenvalue weighted by molar-refractivity contribution is 6.31. The van der Waals surface area contributed by atoms with Crippen LogP contribution in [0.3, 0.4) is 0 Å². The Hall–Kier alpha value is -2.74. The molecule has 2 aromatic rings. The number of carbonyl (C=O) groups excluding carboxylic acids is 2. The van der Waals surface area contributed by atoms with Gasteiger partial charge < -0.3 is 10.1 Å². The number of hydrogen-bond acceptors (Lipinski definition) is 3. The molecule has 2 aromatic carbocycles. The van der Waals surface area contributed by atoms with Crippen molar-refractivity contribution in [2.75, 3.05) is 10.2 Å². The first-order valence-corrected chi connectivity index (χ1v) is 9.09. The van der Waals surface area contributed by atoms with Crippen molar-refractivity contribution in [2.45, 2.75) is 38.6 Å². The van der Waals surface area contributed by atoms with E-state index in [0.717, 1.165) is 12.1 Å². The number of nitrogens with zero attached hydrogens (tertiary/aromatic N) is 1. The van der Waals surface area contributed by atoms with E-state index < -0.39 is 35.2 Å². The average molecular weight is 427 g/mol. The van der Waals surface area contributed by atoms with Crippen LogP contribution in [0.1, 0.15) is 26.3 Å². The summed E-state index contributed by atoms with van der Waals surface area (Å²) in [5.74, 6) is -0.952. The second-order valence-electron chi connectivity index (χ2n) is 7.11. The van der Waals surface area contributed by atoms with Gasteiger partial charge in [-0.2, -0.15) is 13.2 Å². The van der Waals surface area contributed by atoms with Crippen LogP contribution in [0.2, 0.25) is 5.02 Å². The van der Waals surface area contributed by atoms with Crippen LogP contribution in [0, 0.1) is 0 Å². The summed E-state index contributed by atoms with van der Waals surface area (Å²) in [5, 5.41) is 2.60. The summed E-state index contributed by atoms with van der Waals surface area (Å²) < 4.78 is 45.3. The summed E-state index contributed by atoms with van der Waals surface area (Å²) in [6.45, 7) is 4.52. The molecule has 29 heavy (non-hydrogen) atoms. The zero-order chi connectivity index (χ0) is 21.6. The molecule has 0 fully saturated rings. The van der Waals surface area contributed by atoms with Crippen molar-refractivity contribution in [3.05, 3.63) is 53.1 Å². The third-order valence-corrected chi connectivity index (χ3v) is 4.77. The SMILES string of the molecule is CC(C(=O)Nc1ccccc1C(F)(F)F)N1C(=O)C(C)(C)Oc2ccc(Cl)cc21. The molecule has 0 saturated heterocycles. The van der Waals surface area contributed by atoms with Crippen LogP contribution >= 0.6 is 11.6 Å². The van der Waals surface area contributed by atoms with Crippen molar-refractivity contribution >= 4 is 34.8 Å². The fourth-order valence-corrected chi connectivity index (χ4v) is 3.23. The predicted octanol–water partition coefficient (Wildman–Crippen LogP) is 4.89. The summed E-state index contributed by atoms with van der Waals surface area (Å²) in [6.07, 6.45) is -4.63. The summed E-state index contributed by atoms with van der Waals surface area (Å²) in [4.78, 5) is 26.9. The van der Waals surface area contributed by atoms with Gasteiger partial charge in [-0.15, -0.1) is 0 Å². The van der Waals surface area contributed by atoms with E-state index in [4.69, 9.17) is 16.3 Å². The molecule has 9 heteroatoms. The van der Waals surface area contributed by atoms with Crippen molar-refractivity contribution in [3.63, 3.8) is 0 Å². The molecule has 1 unspecified atom stereocenters. The largest absolute Gasteiger partial charge is 0.476 e. The molecule has 1 N–H and O–H groups in total. The number of para-hydroxylation sites is 1. The Morgan fingerprint density at radius 2 is 1.86 bits per heavy atom. The number of benzene rings is 2. The first-order chi connectivity index (χ1) is 13.4. The lowest BCUT2D eigenvalue weighted by molar-refractivity contribution is -0.137. The highest BCUT2D eigenvalue weighted by Gasteiger charge is 2.44. The smallest absolute Gasteiger partial charge is 0.418 e. The zero-order valence-electron chi connectivity index (χ0n) is 15.8. The summed E-state index contributed by atoms with van der Waals surface area (Å²) >= 11 is 6.03. The fraction of sp³-hybridized carbons (Fsp3) is 0.300. The maximum atomic E-state index is 13.2. The number of halogens is 4. The van der Waals surface area contributed by atoms with Crippen molar-refractivity contribution in [1.82, 2.24) is 0 Å². The molecule has 1 aliphatic rings. The number of carbonyl (C=O) groups is 2. The molecule has 1 atom stereocenters. The van der Waals surface area contributed by atoms with Crippen molar-refractivity contribution in [1.29, 1.82) is 0 Å². The number of rotatable bonds is 3. The molecule has 0 aliphatic carbocycles. The van der Waals surface area contributed by atoms with Gasteiger partial charge in [0.15, 0.2) is 5.60 Å². The number of amides is 2. The Bertz CT molecular complexity index is 976. The van der Waals surface area contributed by atoms with Crippen LogP contribution in [0.25, 0.3) is 0 Å². The lowest BCUT2D eigenvalue weighted by atomic mass is 10.0. The van der Waals surface area contributed by atoms with Gasteiger partial charge in [0.2, 0.25) is 5.91 Å². The quantitative estimate of drug-likeness (QED) is 0.760. The van der Waals surface area contributed by atoms with Crippen molar-refractivity contribution < 1.29 is 27.5 Å². The van der Waals surface area contributed by atoms with Crippen molar-refractivity contribution in [3.8, 4) is 5.75 Å². The van der Waals surface area contributed by atoms with Crippen LogP contribution in [0.15, 0.2) is 42.5 Å². The second-order valence-corrected chi connectivity index (χ2v) is 7.54. The number of ether oxygens (including phenoxy) is 1. The second kappa shape index (κ2) is 7.26. The Balaban J connectivity index is 1.96. The third-order valence-electron chi connectivity index (χ3n) is 4.54. The normalized spacial score (nSPS) is 16.7. The monoisotopic (exact) mass is 426 g/mol. The molecule has 5 nitrogen and oxygen atoms in total. The predicted molar refractivity (Wildman–Crippen MR) is 103 cm³/mol. The van der Waals surface area contributed by atoms with E-state index in [0.29, 0.717) is 10.8 Å². The minimum absolute atomic E-state index is 0.272. The molecule has 3 rings (SSSR count). The highest BCUT2D eigenvalue weighted by Crippen LogP contribution is 2.41. The minimum Gasteiger partial charge on any atom is -0.476 e. The summed E-state index contributed by atoms with van der Waals surface area (Å²) in [5.41, 5.74) is -2.35. The zero-order valence-corrected chi connectivity index (χ0v) is 16.6. The van der Waals surface area contributed by atoms with Gasteiger partial charge in [-0.1, -0.05) is 23.7 Å². The Morgan fingerprint density at radius 3 is 2.52 bits per heavy atom. The number of nitrogens with one attached hydrogen (secondary N) is 1. The number of anilines is 2. The molecule has 154 valence electrons. The van der Waals surface area contributed by atoms with Gasteiger partial charge in [0.1, 0.15) is 11.8 Å². The average Bonchev–Trinajstić information content (AvgIpc) is 2.62. The van der Waals surface area contributed by atoms with Crippen molar-refractivity contribution in [2.24, 2.45) is 0 Å². The Morgan fingerprint density at radius 1 is 1.21 bits per heavy atom. The molecule has 1 aliphatic heterocycles. The van der Waals surface area contributed by atoms with Crippen LogP contribution < -0.4 is 15.0 Å². The molecular weight excluding hydrogens is 409 g/mol. The van der Waals surface area contributed by atoms with Gasteiger partial charge >= 0.3 is 6.18 Å². The Kier molecular flexibility index (Phi) is 5.25. The first kappa shape index (κ1) is 21.0. The summed E-state index contributed by atoms with van der Waals surface area (Å²) in [7, 11) is 0. The summed E-state index contributed by atoms with van der Waals surface area (Å²) in [6, 6.07) is 8.14. The molecule has 0 spiro atoms. The van der Waals surface area contributed by atoms with Crippen LogP contribution in [0.4, 0.5) is 24.5 Å². The molecule has 1 heterocycles. The van der Waals surface area contributed by atoms with E-state index in [1.165, 1.54) is 30.0 Å². The number of fused-ring (bicyclic) bond motifs is 1. The van der Waals surface area contributed by atoms with Gasteiger partial charge in [0.05, 0.1) is 16.9 Å². The molecule has 0 bridgehead atoms. The van der Waals surface area contributed by atoms with Crippen LogP contribution in [-0.2, 0) is 15.8 Å². The van der Waals surface area contributed by atoms with Gasteiger partial charge in [-0.3, -0.25) is 14.5 Å². The van der Waals surface area contributed by atoms with Gasteiger partial charge in [-0.05, 0) is 51.1 Å². The van der Waals surface area contributed by atoms with E-state index >= 15 is 0 Å². The van der Waals surface area contributed by atoms with E-state index in [2.05, 4.69) is 5.32 Å². The van der Waals surface area contributed by atoms with Gasteiger partial charge in [0, 0.05) is 5.02 Å². The van der Waals surface area contributed by atoms with E-state index in [9.17, 15) is 22.8 Å². The molecule has 0 saturated carbocycles. The molecular formula is C20H18ClF3N2O3. The van der Waals surface area contributed by atoms with Gasteiger partial charge in [-0.25, -0.2) is 0 Å². The van der Waals surface area contributed by atoms with Crippen LogP contribution in [0.5, 0.6) is 5.75 Å². The standard InChI is InChI=1S/C20H18ClF3N2O3/c1-11(17(27)25-14-7-5-4-6-13(14)20(22,23)24)26-15-10-12(21)8-9-16(15)29-19(2,3)18(26)28/h4-11H,1-3H3,(H,25,27). The molecule has 0 aromatic heterocycles. The maximum absolute atomic E-state index is 13.2. The van der Waals surface area contributed by atoms with Crippen LogP contribution in [-0.4, -0.2) is 23.5 Å². The minimum atomic E-state index is -4.63. The van der Waals surface area contributed by atoms with E-state index in [-0.39, 0.29) is 11.4 Å². The fourth-order valence-electron chi connectivity index (χ4n) is 3.06. The highest BCUT2D eigenvalue weighted by atomic mass is 35.5. The topological polar surface area (TPSA) is 58.6 Å². The molecule has 2 amide bonds. The lowest BCUT2D eigenvalue weighted by Gasteiger charge is -2.41. The molecule has 0 radical (unpaired) electrons. The number of alkyl halides is 3. The Labute approximate surface area is 170 Å². The van der Waals surface area contributed by atoms with E-state index in [1.54, 1.807) is 26.0 Å². The third kappa shape index (κ3) is 4.03. The lowest BCUT2D eigenvalue weighted by Crippen LogP contribution is -2.57. The number of hydrogen-bond donors (Lipinski definition) is 1. The van der Waals surface area contributed by atoms with E-state index in [1.807, 2.05) is 0 Å². The first-order valence-electron chi connectivity index (χ1n) is 8.71. The maximum Gasteiger partial charge on any atom is 0.418 e.